The first-order chi connectivity index (χ1) is 11.8. The van der Waals surface area contributed by atoms with Crippen molar-refractivity contribution in [1.82, 2.24) is 0 Å². The molecule has 0 N–H and O–H groups in total. The summed E-state index contributed by atoms with van der Waals surface area (Å²) in [5.41, 5.74) is -7.44. The van der Waals surface area contributed by atoms with Crippen molar-refractivity contribution < 1.29 is 30.7 Å². The lowest BCUT2D eigenvalue weighted by molar-refractivity contribution is -0.347. The molecule has 0 saturated carbocycles. The summed E-state index contributed by atoms with van der Waals surface area (Å²) in [7, 11) is 0. The van der Waals surface area contributed by atoms with E-state index < -0.39 is 34.4 Å². The second-order valence-corrected chi connectivity index (χ2v) is 6.99. The van der Waals surface area contributed by atoms with Crippen LogP contribution in [0.3, 0.4) is 0 Å². The van der Waals surface area contributed by atoms with Crippen LogP contribution in [0.25, 0.3) is 21.5 Å². The molecule has 0 aliphatic rings. The summed E-state index contributed by atoms with van der Waals surface area (Å²) in [5.74, 6) is 0. The average Bonchev–Trinajstić information content (AvgIpc) is 2.50. The molecule has 26 heavy (non-hydrogen) atoms. The van der Waals surface area contributed by atoms with Gasteiger partial charge in [-0.3, -0.25) is 0 Å². The van der Waals surface area contributed by atoms with E-state index in [-0.39, 0.29) is 25.3 Å². The molecule has 0 heterocycles. The third-order valence-electron chi connectivity index (χ3n) is 3.98. The minimum atomic E-state index is -6.28. The van der Waals surface area contributed by atoms with Crippen LogP contribution < -0.4 is 0 Å². The van der Waals surface area contributed by atoms with E-state index in [0.29, 0.717) is 0 Å². The van der Waals surface area contributed by atoms with Crippen molar-refractivity contribution in [1.29, 1.82) is 5.26 Å². The number of hydrogen-bond acceptors (Lipinski definition) is 1. The first-order valence-corrected chi connectivity index (χ1v) is 8.25. The minimum absolute atomic E-state index is 0.0901. The van der Waals surface area contributed by atoms with Crippen molar-refractivity contribution in [2.75, 3.05) is 0 Å². The number of fused-ring (bicyclic) bond motifs is 6. The van der Waals surface area contributed by atoms with Gasteiger partial charge in [0.15, 0.2) is 0 Å². The lowest BCUT2D eigenvalue weighted by Crippen LogP contribution is -2.50. The number of nitriles is 1. The van der Waals surface area contributed by atoms with Crippen molar-refractivity contribution in [3.63, 3.8) is 0 Å². The average molecular weight is 502 g/mol. The van der Waals surface area contributed by atoms with Gasteiger partial charge in [-0.1, -0.05) is 6.07 Å². The fourth-order valence-electron chi connectivity index (χ4n) is 2.88. The molecular formula is C16H3Br2F7N. The minimum Gasteiger partial charge on any atom is -0.218 e. The zero-order valence-electron chi connectivity index (χ0n) is 12.1. The summed E-state index contributed by atoms with van der Waals surface area (Å²) < 4.78 is 94.5. The van der Waals surface area contributed by atoms with Crippen LogP contribution in [-0.4, -0.2) is 12.4 Å². The fourth-order valence-corrected chi connectivity index (χ4v) is 4.38. The Balaban J connectivity index is 2.69. The molecule has 3 rings (SSSR count). The molecule has 0 atom stereocenters. The monoisotopic (exact) mass is 500 g/mol. The van der Waals surface area contributed by atoms with Gasteiger partial charge in [-0.2, -0.15) is 31.6 Å². The van der Waals surface area contributed by atoms with E-state index in [9.17, 15) is 30.7 Å². The third kappa shape index (κ3) is 2.40. The molecular weight excluding hydrogens is 499 g/mol. The van der Waals surface area contributed by atoms with E-state index >= 15 is 0 Å². The lowest BCUT2D eigenvalue weighted by atomic mass is 9.83. The van der Waals surface area contributed by atoms with Gasteiger partial charge in [0.05, 0.1) is 11.6 Å². The zero-order valence-corrected chi connectivity index (χ0v) is 15.3. The number of rotatable bonds is 1. The Labute approximate surface area is 158 Å². The van der Waals surface area contributed by atoms with Gasteiger partial charge in [0.2, 0.25) is 0 Å². The van der Waals surface area contributed by atoms with Crippen LogP contribution in [0.15, 0.2) is 27.1 Å². The Morgan fingerprint density at radius 3 is 1.92 bits per heavy atom. The molecule has 10 heteroatoms. The van der Waals surface area contributed by atoms with E-state index in [1.54, 1.807) is 6.07 Å². The van der Waals surface area contributed by atoms with Crippen molar-refractivity contribution in [3.05, 3.63) is 44.3 Å². The molecule has 1 radical (unpaired) electrons. The highest BCUT2D eigenvalue weighted by molar-refractivity contribution is 9.11. The van der Waals surface area contributed by atoms with E-state index in [4.69, 9.17) is 5.26 Å². The molecule has 4 bridgehead atoms. The summed E-state index contributed by atoms with van der Waals surface area (Å²) in [6, 6.07) is 7.83. The highest BCUT2D eigenvalue weighted by Crippen LogP contribution is 2.58. The molecule has 0 aliphatic heterocycles. The lowest BCUT2D eigenvalue weighted by Gasteiger charge is -2.33. The summed E-state index contributed by atoms with van der Waals surface area (Å²) in [6.45, 7) is 0. The Kier molecular flexibility index (Phi) is 4.20. The summed E-state index contributed by atoms with van der Waals surface area (Å²) in [4.78, 5) is 0. The SMILES string of the molecule is N#Cc1ccc2cc1c1c(Br)[c]c(Br)c2c1C(F)(C(F)(F)F)C(F)(F)F. The Hall–Kier alpha value is -1.60. The molecule has 0 unspecified atom stereocenters. The second kappa shape index (κ2) is 5.70. The molecule has 3 aromatic carbocycles. The van der Waals surface area contributed by atoms with Crippen LogP contribution in [0.2, 0.25) is 0 Å². The Morgan fingerprint density at radius 2 is 1.42 bits per heavy atom. The number of halogens is 9. The van der Waals surface area contributed by atoms with Crippen LogP contribution in [0.4, 0.5) is 30.7 Å². The van der Waals surface area contributed by atoms with Crippen LogP contribution in [0.5, 0.6) is 0 Å². The largest absolute Gasteiger partial charge is 0.435 e. The van der Waals surface area contributed by atoms with Crippen LogP contribution >= 0.6 is 31.9 Å². The van der Waals surface area contributed by atoms with E-state index in [1.807, 2.05) is 0 Å². The zero-order chi connectivity index (χ0) is 19.7. The third-order valence-corrected chi connectivity index (χ3v) is 5.17. The van der Waals surface area contributed by atoms with Crippen molar-refractivity contribution >= 4 is 53.4 Å². The Morgan fingerprint density at radius 1 is 0.885 bits per heavy atom. The second-order valence-electron chi connectivity index (χ2n) is 5.40. The van der Waals surface area contributed by atoms with Gasteiger partial charge < -0.3 is 0 Å². The van der Waals surface area contributed by atoms with Crippen molar-refractivity contribution in [2.24, 2.45) is 0 Å². The standard InChI is InChI=1S/C16H3Br2F7N/c17-9-4-10(18)12-8-3-6(1-2-7(8)5-26)11(9)13(12)14(19,15(20,21)22)16(23,24)25/h1-3H. The van der Waals surface area contributed by atoms with Gasteiger partial charge >= 0.3 is 18.0 Å². The van der Waals surface area contributed by atoms with Gasteiger partial charge in [-0.15, -0.1) is 0 Å². The first-order valence-electron chi connectivity index (χ1n) is 6.66. The topological polar surface area (TPSA) is 23.8 Å². The number of nitrogens with zero attached hydrogens (tertiary/aromatic N) is 1. The molecule has 3 aromatic rings. The normalized spacial score (nSPS) is 13.5. The van der Waals surface area contributed by atoms with Crippen LogP contribution in [0, 0.1) is 17.4 Å². The molecule has 0 aromatic heterocycles. The first kappa shape index (κ1) is 19.2. The maximum atomic E-state index is 14.9. The van der Waals surface area contributed by atoms with Gasteiger partial charge in [0.25, 0.3) is 0 Å². The molecule has 1 nitrogen and oxygen atoms in total. The summed E-state index contributed by atoms with van der Waals surface area (Å²) >= 11 is 5.72. The predicted molar refractivity (Wildman–Crippen MR) is 86.5 cm³/mol. The molecule has 0 amide bonds. The van der Waals surface area contributed by atoms with E-state index in [1.165, 1.54) is 12.1 Å². The van der Waals surface area contributed by atoms with Crippen molar-refractivity contribution in [2.45, 2.75) is 18.0 Å². The summed E-state index contributed by atoms with van der Waals surface area (Å²) in [6.07, 6.45) is -12.6. The maximum Gasteiger partial charge on any atom is 0.435 e. The number of hydrogen-bond donors (Lipinski definition) is 0. The Bertz CT molecular complexity index is 1050. The van der Waals surface area contributed by atoms with Crippen LogP contribution in [-0.2, 0) is 5.67 Å². The van der Waals surface area contributed by atoms with Gasteiger partial charge in [-0.05, 0) is 49.4 Å². The van der Waals surface area contributed by atoms with Crippen molar-refractivity contribution in [3.8, 4) is 6.07 Å². The molecule has 0 saturated heterocycles. The molecule has 0 aliphatic carbocycles. The predicted octanol–water partition coefficient (Wildman–Crippen LogP) is 6.92. The smallest absolute Gasteiger partial charge is 0.218 e. The maximum absolute atomic E-state index is 14.9. The fraction of sp³-hybridized carbons (Fsp3) is 0.188. The number of alkyl halides is 7. The van der Waals surface area contributed by atoms with E-state index in [2.05, 4.69) is 37.9 Å². The van der Waals surface area contributed by atoms with E-state index in [0.717, 1.165) is 6.07 Å². The summed E-state index contributed by atoms with van der Waals surface area (Å²) in [5, 5.41) is 7.49. The number of benzene rings is 3. The van der Waals surface area contributed by atoms with Crippen LogP contribution in [0.1, 0.15) is 11.1 Å². The molecule has 0 fully saturated rings. The van der Waals surface area contributed by atoms with Gasteiger partial charge in [0.1, 0.15) is 0 Å². The highest BCUT2D eigenvalue weighted by atomic mass is 79.9. The highest BCUT2D eigenvalue weighted by Gasteiger charge is 2.74. The van der Waals surface area contributed by atoms with Gasteiger partial charge in [-0.25, -0.2) is 4.39 Å². The van der Waals surface area contributed by atoms with Gasteiger partial charge in [0, 0.05) is 36.7 Å². The molecule has 135 valence electrons. The quantitative estimate of drug-likeness (QED) is 0.332. The molecule has 0 spiro atoms.